The summed E-state index contributed by atoms with van der Waals surface area (Å²) in [6.45, 7) is 0.142. The van der Waals surface area contributed by atoms with Crippen molar-refractivity contribution >= 4 is 27.9 Å². The van der Waals surface area contributed by atoms with Crippen molar-refractivity contribution in [2.45, 2.75) is 18.1 Å². The lowest BCUT2D eigenvalue weighted by atomic mass is 9.84. The minimum Gasteiger partial charge on any atom is -0.493 e. The fourth-order valence-electron chi connectivity index (χ4n) is 3.52. The van der Waals surface area contributed by atoms with Gasteiger partial charge in [0.2, 0.25) is 0 Å². The van der Waals surface area contributed by atoms with Gasteiger partial charge in [-0.15, -0.1) is 0 Å². The maximum Gasteiger partial charge on any atom is 0.325 e. The van der Waals surface area contributed by atoms with Gasteiger partial charge in [0.05, 0.1) is 13.2 Å². The molecule has 146 valence electrons. The summed E-state index contributed by atoms with van der Waals surface area (Å²) in [5.74, 6) is 0.800. The average Bonchev–Trinajstić information content (AvgIpc) is 2.93. The standard InChI is InChI=1S/C20H19BrN2O5/c21-13-5-7-15(8-6-13)28-12-14(24)11-23-18(25)20(22-19(23)26)9-10-27-17-4-2-1-3-16(17)20/h1-8,14,24H,9-12H2,(H,22,26)/t14-,20+/m1/s1. The van der Waals surface area contributed by atoms with Crippen LogP contribution in [-0.4, -0.2) is 47.8 Å². The number of imide groups is 1. The molecule has 8 heteroatoms. The Morgan fingerprint density at radius 2 is 1.96 bits per heavy atom. The van der Waals surface area contributed by atoms with Gasteiger partial charge in [-0.05, 0) is 30.3 Å². The molecular formula is C20H19BrN2O5. The molecule has 2 aliphatic rings. The normalized spacial score (nSPS) is 21.9. The number of nitrogens with one attached hydrogen (secondary N) is 1. The summed E-state index contributed by atoms with van der Waals surface area (Å²) in [5, 5.41) is 13.1. The van der Waals surface area contributed by atoms with E-state index in [0.29, 0.717) is 30.1 Å². The van der Waals surface area contributed by atoms with E-state index in [1.165, 1.54) is 0 Å². The van der Waals surface area contributed by atoms with Crippen molar-refractivity contribution in [3.63, 3.8) is 0 Å². The lowest BCUT2D eigenvalue weighted by molar-refractivity contribution is -0.133. The van der Waals surface area contributed by atoms with Crippen molar-refractivity contribution < 1.29 is 24.2 Å². The lowest BCUT2D eigenvalue weighted by Crippen LogP contribution is -2.48. The van der Waals surface area contributed by atoms with Crippen LogP contribution in [0.2, 0.25) is 0 Å². The Labute approximate surface area is 170 Å². The first kappa shape index (κ1) is 18.8. The van der Waals surface area contributed by atoms with Crippen LogP contribution in [-0.2, 0) is 10.3 Å². The van der Waals surface area contributed by atoms with E-state index in [-0.39, 0.29) is 19.1 Å². The predicted molar refractivity (Wildman–Crippen MR) is 104 cm³/mol. The highest BCUT2D eigenvalue weighted by molar-refractivity contribution is 9.10. The van der Waals surface area contributed by atoms with Crippen molar-refractivity contribution in [2.24, 2.45) is 0 Å². The molecule has 0 unspecified atom stereocenters. The molecule has 0 aliphatic carbocycles. The third-order valence-electron chi connectivity index (χ3n) is 4.91. The van der Waals surface area contributed by atoms with E-state index in [9.17, 15) is 14.7 Å². The fourth-order valence-corrected chi connectivity index (χ4v) is 3.79. The van der Waals surface area contributed by atoms with Crippen LogP contribution in [0.3, 0.4) is 0 Å². The van der Waals surface area contributed by atoms with Crippen molar-refractivity contribution in [2.75, 3.05) is 19.8 Å². The van der Waals surface area contributed by atoms with Crippen molar-refractivity contribution in [1.82, 2.24) is 10.2 Å². The Balaban J connectivity index is 1.45. The second-order valence-corrected chi connectivity index (χ2v) is 7.68. The van der Waals surface area contributed by atoms with Crippen LogP contribution < -0.4 is 14.8 Å². The van der Waals surface area contributed by atoms with Gasteiger partial charge in [-0.3, -0.25) is 9.69 Å². The Hall–Kier alpha value is -2.58. The van der Waals surface area contributed by atoms with Gasteiger partial charge < -0.3 is 19.9 Å². The number of hydrogen-bond acceptors (Lipinski definition) is 5. The monoisotopic (exact) mass is 446 g/mol. The largest absolute Gasteiger partial charge is 0.493 e. The molecule has 4 rings (SSSR count). The molecule has 0 radical (unpaired) electrons. The Morgan fingerprint density at radius 1 is 1.21 bits per heavy atom. The first-order valence-corrected chi connectivity index (χ1v) is 9.72. The maximum absolute atomic E-state index is 13.1. The van der Waals surface area contributed by atoms with Gasteiger partial charge in [0.25, 0.3) is 5.91 Å². The van der Waals surface area contributed by atoms with Gasteiger partial charge in [0.1, 0.15) is 24.2 Å². The number of fused-ring (bicyclic) bond motifs is 2. The third-order valence-corrected chi connectivity index (χ3v) is 5.44. The molecule has 3 amide bonds. The van der Waals surface area contributed by atoms with Crippen LogP contribution in [0.5, 0.6) is 11.5 Å². The number of β-amino-alcohol motifs (C(OH)–C–C–N with tert-alkyl or cyclic N) is 1. The first-order valence-electron chi connectivity index (χ1n) is 8.92. The summed E-state index contributed by atoms with van der Waals surface area (Å²) >= 11 is 3.34. The number of benzene rings is 2. The number of urea groups is 1. The molecule has 1 fully saturated rings. The van der Waals surface area contributed by atoms with Gasteiger partial charge in [0.15, 0.2) is 5.54 Å². The van der Waals surface area contributed by atoms with Gasteiger partial charge in [-0.25, -0.2) is 4.79 Å². The molecule has 0 aromatic heterocycles. The zero-order chi connectivity index (χ0) is 19.7. The molecule has 0 saturated carbocycles. The second-order valence-electron chi connectivity index (χ2n) is 6.76. The van der Waals surface area contributed by atoms with Gasteiger partial charge >= 0.3 is 6.03 Å². The van der Waals surface area contributed by atoms with Crippen molar-refractivity contribution in [1.29, 1.82) is 0 Å². The molecule has 2 N–H and O–H groups in total. The summed E-state index contributed by atoms with van der Waals surface area (Å²) in [6, 6.07) is 13.8. The topological polar surface area (TPSA) is 88.1 Å². The third kappa shape index (κ3) is 3.33. The van der Waals surface area contributed by atoms with Crippen LogP contribution >= 0.6 is 15.9 Å². The first-order chi connectivity index (χ1) is 13.5. The average molecular weight is 447 g/mol. The Bertz CT molecular complexity index is 904. The highest BCUT2D eigenvalue weighted by Gasteiger charge is 2.55. The maximum atomic E-state index is 13.1. The molecule has 0 bridgehead atoms. The Kier molecular flexibility index (Phi) is 4.99. The number of carbonyl (C=O) groups excluding carboxylic acids is 2. The summed E-state index contributed by atoms with van der Waals surface area (Å²) in [4.78, 5) is 26.7. The van der Waals surface area contributed by atoms with E-state index in [0.717, 1.165) is 9.37 Å². The van der Waals surface area contributed by atoms with Crippen LogP contribution in [0.1, 0.15) is 12.0 Å². The van der Waals surface area contributed by atoms with Crippen molar-refractivity contribution in [3.05, 3.63) is 58.6 Å². The highest BCUT2D eigenvalue weighted by Crippen LogP contribution is 2.40. The number of aliphatic hydroxyl groups excluding tert-OH is 1. The van der Waals surface area contributed by atoms with Crippen LogP contribution in [0.15, 0.2) is 53.0 Å². The highest BCUT2D eigenvalue weighted by atomic mass is 79.9. The molecule has 28 heavy (non-hydrogen) atoms. The predicted octanol–water partition coefficient (Wildman–Crippen LogP) is 2.42. The molecule has 2 aromatic carbocycles. The number of nitrogens with zero attached hydrogens (tertiary/aromatic N) is 1. The van der Waals surface area contributed by atoms with Crippen molar-refractivity contribution in [3.8, 4) is 11.5 Å². The number of aliphatic hydroxyl groups is 1. The molecule has 1 spiro atoms. The van der Waals surface area contributed by atoms with E-state index in [1.54, 1.807) is 30.3 Å². The lowest BCUT2D eigenvalue weighted by Gasteiger charge is -2.33. The van der Waals surface area contributed by atoms with E-state index < -0.39 is 17.7 Å². The number of rotatable bonds is 5. The zero-order valence-corrected chi connectivity index (χ0v) is 16.5. The van der Waals surface area contributed by atoms with E-state index in [1.807, 2.05) is 18.2 Å². The SMILES string of the molecule is O=C1N[C@]2(CCOc3ccccc32)C(=O)N1C[C@@H](O)COc1ccc(Br)cc1. The number of carbonyl (C=O) groups is 2. The number of para-hydroxylation sites is 1. The smallest absolute Gasteiger partial charge is 0.325 e. The second kappa shape index (κ2) is 7.44. The number of amides is 3. The summed E-state index contributed by atoms with van der Waals surface area (Å²) in [7, 11) is 0. The van der Waals surface area contributed by atoms with Crippen LogP contribution in [0.4, 0.5) is 4.79 Å². The van der Waals surface area contributed by atoms with E-state index in [2.05, 4.69) is 21.2 Å². The minimum absolute atomic E-state index is 0.0363. The quantitative estimate of drug-likeness (QED) is 0.688. The van der Waals surface area contributed by atoms with Gasteiger partial charge in [0, 0.05) is 16.5 Å². The minimum atomic E-state index is -1.14. The molecule has 2 aromatic rings. The van der Waals surface area contributed by atoms with E-state index in [4.69, 9.17) is 9.47 Å². The molecule has 7 nitrogen and oxygen atoms in total. The number of ether oxygens (including phenoxy) is 2. The van der Waals surface area contributed by atoms with Crippen LogP contribution in [0, 0.1) is 0 Å². The van der Waals surface area contributed by atoms with Crippen LogP contribution in [0.25, 0.3) is 0 Å². The molecule has 2 aliphatic heterocycles. The summed E-state index contributed by atoms with van der Waals surface area (Å²) in [6.07, 6.45) is -0.667. The van der Waals surface area contributed by atoms with Gasteiger partial charge in [-0.2, -0.15) is 0 Å². The van der Waals surface area contributed by atoms with E-state index >= 15 is 0 Å². The number of halogens is 1. The van der Waals surface area contributed by atoms with Gasteiger partial charge in [-0.1, -0.05) is 34.1 Å². The fraction of sp³-hybridized carbons (Fsp3) is 0.300. The molecule has 1 saturated heterocycles. The Morgan fingerprint density at radius 3 is 2.75 bits per heavy atom. The summed E-state index contributed by atoms with van der Waals surface area (Å²) in [5.41, 5.74) is -0.499. The zero-order valence-electron chi connectivity index (χ0n) is 14.9. The molecule has 2 heterocycles. The summed E-state index contributed by atoms with van der Waals surface area (Å²) < 4.78 is 12.1. The number of hydrogen-bond donors (Lipinski definition) is 2. The molecule has 2 atom stereocenters. The molecular weight excluding hydrogens is 428 g/mol.